The zero-order valence-corrected chi connectivity index (χ0v) is 13.7. The van der Waals surface area contributed by atoms with E-state index in [4.69, 9.17) is 5.11 Å². The Morgan fingerprint density at radius 3 is 1.71 bits per heavy atom. The number of aliphatic hydroxyl groups excluding tert-OH is 1. The van der Waals surface area contributed by atoms with Gasteiger partial charge in [-0.05, 0) is 27.5 Å². The molecular formula is C17H26O4. The third-order valence-electron chi connectivity index (χ3n) is 3.50. The number of hydrogen-bond donors (Lipinski definition) is 3. The molecule has 0 fully saturated rings. The van der Waals surface area contributed by atoms with Crippen LogP contribution < -0.4 is 0 Å². The smallest absolute Gasteiger partial charge is 0.332 e. The molecule has 118 valence electrons. The van der Waals surface area contributed by atoms with Crippen molar-refractivity contribution >= 4 is 5.97 Å². The summed E-state index contributed by atoms with van der Waals surface area (Å²) in [4.78, 5) is 10.8. The zero-order valence-electron chi connectivity index (χ0n) is 13.7. The number of aliphatic carboxylic acids is 1. The van der Waals surface area contributed by atoms with Crippen LogP contribution in [0.25, 0.3) is 0 Å². The second kappa shape index (κ2) is 5.68. The van der Waals surface area contributed by atoms with E-state index < -0.39 is 12.1 Å². The summed E-state index contributed by atoms with van der Waals surface area (Å²) in [5.74, 6) is -0.985. The molecule has 4 heteroatoms. The first-order chi connectivity index (χ1) is 9.34. The molecule has 0 aliphatic carbocycles. The van der Waals surface area contributed by atoms with Gasteiger partial charge in [0.05, 0.1) is 0 Å². The van der Waals surface area contributed by atoms with Crippen molar-refractivity contribution in [2.75, 3.05) is 0 Å². The predicted molar refractivity (Wildman–Crippen MR) is 82.9 cm³/mol. The topological polar surface area (TPSA) is 77.8 Å². The maximum Gasteiger partial charge on any atom is 0.332 e. The van der Waals surface area contributed by atoms with E-state index in [0.29, 0.717) is 0 Å². The first kappa shape index (κ1) is 17.5. The van der Waals surface area contributed by atoms with E-state index in [2.05, 4.69) is 0 Å². The molecule has 1 aromatic rings. The minimum absolute atomic E-state index is 0.0295. The Morgan fingerprint density at radius 1 is 1.05 bits per heavy atom. The SMILES string of the molecule is CC(C)(C)c1cc(CC(O)C(=O)O)cc(C(C)(C)C)c1O. The summed E-state index contributed by atoms with van der Waals surface area (Å²) in [6.07, 6.45) is -1.41. The number of carbonyl (C=O) groups is 1. The van der Waals surface area contributed by atoms with Gasteiger partial charge in [0, 0.05) is 6.42 Å². The van der Waals surface area contributed by atoms with Gasteiger partial charge in [-0.3, -0.25) is 0 Å². The highest BCUT2D eigenvalue weighted by molar-refractivity contribution is 5.72. The molecule has 0 heterocycles. The van der Waals surface area contributed by atoms with Crippen molar-refractivity contribution < 1.29 is 20.1 Å². The minimum Gasteiger partial charge on any atom is -0.507 e. The molecule has 0 aliphatic heterocycles. The van der Waals surface area contributed by atoms with Crippen molar-refractivity contribution in [3.63, 3.8) is 0 Å². The van der Waals surface area contributed by atoms with Crippen molar-refractivity contribution in [1.29, 1.82) is 0 Å². The van der Waals surface area contributed by atoms with Gasteiger partial charge in [-0.25, -0.2) is 4.79 Å². The van der Waals surface area contributed by atoms with Gasteiger partial charge in [0.1, 0.15) is 5.75 Å². The third-order valence-corrected chi connectivity index (χ3v) is 3.50. The number of benzene rings is 1. The second-order valence-electron chi connectivity index (χ2n) is 7.60. The summed E-state index contributed by atoms with van der Waals surface area (Å²) < 4.78 is 0. The Morgan fingerprint density at radius 2 is 1.43 bits per heavy atom. The van der Waals surface area contributed by atoms with Crippen LogP contribution in [-0.4, -0.2) is 27.4 Å². The van der Waals surface area contributed by atoms with E-state index in [1.165, 1.54) is 0 Å². The lowest BCUT2D eigenvalue weighted by atomic mass is 9.78. The largest absolute Gasteiger partial charge is 0.507 e. The summed E-state index contributed by atoms with van der Waals surface area (Å²) in [5.41, 5.74) is 1.71. The molecule has 0 radical (unpaired) electrons. The van der Waals surface area contributed by atoms with E-state index in [9.17, 15) is 15.0 Å². The molecule has 4 nitrogen and oxygen atoms in total. The highest BCUT2D eigenvalue weighted by atomic mass is 16.4. The molecule has 3 N–H and O–H groups in total. The first-order valence-corrected chi connectivity index (χ1v) is 7.11. The Bertz CT molecular complexity index is 498. The highest BCUT2D eigenvalue weighted by Crippen LogP contribution is 2.39. The van der Waals surface area contributed by atoms with Crippen molar-refractivity contribution in [3.05, 3.63) is 28.8 Å². The standard InChI is InChI=1S/C17H26O4/c1-16(2,3)11-7-10(9-13(18)15(20)21)8-12(14(11)19)17(4,5)6/h7-8,13,18-19H,9H2,1-6H3,(H,20,21). The molecule has 0 spiro atoms. The van der Waals surface area contributed by atoms with Crippen LogP contribution in [-0.2, 0) is 22.0 Å². The van der Waals surface area contributed by atoms with Crippen LogP contribution in [0.3, 0.4) is 0 Å². The van der Waals surface area contributed by atoms with Crippen LogP contribution in [0, 0.1) is 0 Å². The van der Waals surface area contributed by atoms with Gasteiger partial charge < -0.3 is 15.3 Å². The summed E-state index contributed by atoms with van der Waals surface area (Å²) in [6.45, 7) is 12.0. The normalized spacial score (nSPS) is 14.0. The summed E-state index contributed by atoms with van der Waals surface area (Å²) in [7, 11) is 0. The van der Waals surface area contributed by atoms with Crippen LogP contribution in [0.4, 0.5) is 0 Å². The number of aliphatic hydroxyl groups is 1. The molecule has 1 rings (SSSR count). The van der Waals surface area contributed by atoms with E-state index >= 15 is 0 Å². The van der Waals surface area contributed by atoms with E-state index in [-0.39, 0.29) is 23.0 Å². The predicted octanol–water partition coefficient (Wildman–Crippen LogP) is 2.98. The molecule has 1 unspecified atom stereocenters. The highest BCUT2D eigenvalue weighted by Gasteiger charge is 2.27. The molecule has 0 saturated carbocycles. The molecule has 0 bridgehead atoms. The van der Waals surface area contributed by atoms with Gasteiger partial charge in [0.25, 0.3) is 0 Å². The summed E-state index contributed by atoms with van der Waals surface area (Å²) >= 11 is 0. The van der Waals surface area contributed by atoms with Gasteiger partial charge in [0.2, 0.25) is 0 Å². The monoisotopic (exact) mass is 294 g/mol. The third kappa shape index (κ3) is 4.21. The quantitative estimate of drug-likeness (QED) is 0.801. The minimum atomic E-state index is -1.44. The number of aromatic hydroxyl groups is 1. The molecular weight excluding hydrogens is 268 g/mol. The number of hydrogen-bond acceptors (Lipinski definition) is 3. The average molecular weight is 294 g/mol. The Balaban J connectivity index is 3.44. The Hall–Kier alpha value is -1.55. The number of carboxylic acid groups (broad SMARTS) is 1. The Kier molecular flexibility index (Phi) is 4.73. The fraction of sp³-hybridized carbons (Fsp3) is 0.588. The Labute approximate surface area is 126 Å². The van der Waals surface area contributed by atoms with Crippen molar-refractivity contribution in [1.82, 2.24) is 0 Å². The van der Waals surface area contributed by atoms with Gasteiger partial charge in [-0.15, -0.1) is 0 Å². The lowest BCUT2D eigenvalue weighted by Gasteiger charge is -2.28. The molecule has 1 atom stereocenters. The lowest BCUT2D eigenvalue weighted by molar-refractivity contribution is -0.146. The fourth-order valence-corrected chi connectivity index (χ4v) is 2.27. The number of phenols is 1. The molecule has 0 amide bonds. The number of phenolic OH excluding ortho intramolecular Hbond substituents is 1. The van der Waals surface area contributed by atoms with Crippen LogP contribution in [0.5, 0.6) is 5.75 Å². The number of carboxylic acids is 1. The summed E-state index contributed by atoms with van der Waals surface area (Å²) in [6, 6.07) is 3.58. The second-order valence-corrected chi connectivity index (χ2v) is 7.60. The van der Waals surface area contributed by atoms with Crippen molar-refractivity contribution in [2.45, 2.75) is 64.9 Å². The van der Waals surface area contributed by atoms with Crippen LogP contribution in [0.1, 0.15) is 58.2 Å². The summed E-state index contributed by atoms with van der Waals surface area (Å²) in [5, 5.41) is 29.0. The number of rotatable bonds is 3. The maximum absolute atomic E-state index is 10.8. The van der Waals surface area contributed by atoms with Gasteiger partial charge in [-0.1, -0.05) is 53.7 Å². The van der Waals surface area contributed by atoms with Crippen LogP contribution in [0.2, 0.25) is 0 Å². The van der Waals surface area contributed by atoms with Gasteiger partial charge in [0.15, 0.2) is 6.10 Å². The van der Waals surface area contributed by atoms with Crippen LogP contribution >= 0.6 is 0 Å². The van der Waals surface area contributed by atoms with Crippen molar-refractivity contribution in [2.24, 2.45) is 0 Å². The zero-order chi connectivity index (χ0) is 16.6. The molecule has 21 heavy (non-hydrogen) atoms. The maximum atomic E-state index is 10.8. The average Bonchev–Trinajstić information content (AvgIpc) is 2.27. The van der Waals surface area contributed by atoms with Crippen LogP contribution in [0.15, 0.2) is 12.1 Å². The van der Waals surface area contributed by atoms with Gasteiger partial charge in [-0.2, -0.15) is 0 Å². The molecule has 0 aliphatic rings. The first-order valence-electron chi connectivity index (χ1n) is 7.11. The van der Waals surface area contributed by atoms with E-state index in [1.807, 2.05) is 41.5 Å². The van der Waals surface area contributed by atoms with E-state index in [1.54, 1.807) is 12.1 Å². The van der Waals surface area contributed by atoms with Gasteiger partial charge >= 0.3 is 5.97 Å². The fourth-order valence-electron chi connectivity index (χ4n) is 2.27. The van der Waals surface area contributed by atoms with E-state index in [0.717, 1.165) is 16.7 Å². The lowest BCUT2D eigenvalue weighted by Crippen LogP contribution is -2.23. The molecule has 1 aromatic carbocycles. The molecule has 0 saturated heterocycles. The molecule has 0 aromatic heterocycles. The van der Waals surface area contributed by atoms with Crippen molar-refractivity contribution in [3.8, 4) is 5.75 Å².